The maximum Gasteiger partial charge on any atom is 0.416 e. The number of aryl methyl sites for hydroxylation is 1. The lowest BCUT2D eigenvalue weighted by atomic mass is 10.0. The molecule has 2 atom stereocenters. The van der Waals surface area contributed by atoms with Crippen molar-refractivity contribution < 1.29 is 18.0 Å². The Hall–Kier alpha value is -3.11. The fourth-order valence-corrected chi connectivity index (χ4v) is 6.46. The third-order valence-electron chi connectivity index (χ3n) is 7.58. The molecule has 37 heavy (non-hydrogen) atoms. The number of aromatic nitrogens is 2. The number of alkyl halides is 3. The zero-order valence-corrected chi connectivity index (χ0v) is 21.3. The minimum atomic E-state index is -4.43. The number of hydrogen-bond acceptors (Lipinski definition) is 5. The van der Waals surface area contributed by atoms with E-state index in [1.165, 1.54) is 36.7 Å². The van der Waals surface area contributed by atoms with Crippen molar-refractivity contribution in [3.8, 4) is 0 Å². The van der Waals surface area contributed by atoms with Crippen LogP contribution in [0.4, 0.5) is 13.2 Å². The van der Waals surface area contributed by atoms with Crippen molar-refractivity contribution >= 4 is 39.8 Å². The molecule has 3 aliphatic rings. The van der Waals surface area contributed by atoms with Gasteiger partial charge >= 0.3 is 6.18 Å². The number of nitrogens with zero attached hydrogens (tertiary/aromatic N) is 5. The average Bonchev–Trinajstić information content (AvgIpc) is 3.46. The second kappa shape index (κ2) is 9.02. The Morgan fingerprint density at radius 3 is 2.59 bits per heavy atom. The van der Waals surface area contributed by atoms with E-state index < -0.39 is 11.7 Å². The van der Waals surface area contributed by atoms with E-state index in [0.717, 1.165) is 34.7 Å². The van der Waals surface area contributed by atoms with Gasteiger partial charge in [-0.3, -0.25) is 14.4 Å². The Labute approximate surface area is 216 Å². The van der Waals surface area contributed by atoms with Gasteiger partial charge in [-0.25, -0.2) is 0 Å². The molecule has 3 aliphatic heterocycles. The van der Waals surface area contributed by atoms with Gasteiger partial charge in [-0.1, -0.05) is 23.8 Å². The summed E-state index contributed by atoms with van der Waals surface area (Å²) < 4.78 is 42.3. The molecule has 1 aromatic heterocycles. The van der Waals surface area contributed by atoms with Crippen LogP contribution in [0.5, 0.6) is 0 Å². The van der Waals surface area contributed by atoms with Gasteiger partial charge in [0.2, 0.25) is 0 Å². The van der Waals surface area contributed by atoms with Gasteiger partial charge in [0.25, 0.3) is 5.91 Å². The summed E-state index contributed by atoms with van der Waals surface area (Å²) in [5, 5.41) is 5.91. The van der Waals surface area contributed by atoms with Crippen molar-refractivity contribution in [3.05, 3.63) is 69.8 Å². The Kier molecular flexibility index (Phi) is 5.91. The number of amidine groups is 1. The number of benzene rings is 2. The van der Waals surface area contributed by atoms with Crippen LogP contribution in [0.2, 0.25) is 0 Å². The second-order valence-electron chi connectivity index (χ2n) is 10.0. The standard InChI is InChI=1S/C27H26F3N5OS/c1-16-3-5-18(22(9-16)27(28,29)30)13-35-23-8-4-17(10-19(23)12-31-35)11-24-25(36)32-26(37-24)34-14-20-6-7-21(15-34)33(20)2/h3-5,8-12,20-21H,6-7,13-15H2,1-2H3/b24-11-. The largest absolute Gasteiger partial charge is 0.416 e. The van der Waals surface area contributed by atoms with Crippen LogP contribution >= 0.6 is 11.8 Å². The highest BCUT2D eigenvalue weighted by Gasteiger charge is 2.40. The lowest BCUT2D eigenvalue weighted by molar-refractivity contribution is -0.138. The molecule has 0 saturated carbocycles. The van der Waals surface area contributed by atoms with Crippen molar-refractivity contribution in [1.29, 1.82) is 0 Å². The summed E-state index contributed by atoms with van der Waals surface area (Å²) >= 11 is 1.41. The Balaban J connectivity index is 1.21. The summed E-state index contributed by atoms with van der Waals surface area (Å²) in [4.78, 5) is 22.2. The number of amides is 1. The molecule has 0 aliphatic carbocycles. The predicted molar refractivity (Wildman–Crippen MR) is 139 cm³/mol. The summed E-state index contributed by atoms with van der Waals surface area (Å²) in [5.41, 5.74) is 1.64. The molecule has 2 saturated heterocycles. The number of aliphatic imine (C=N–C) groups is 1. The highest BCUT2D eigenvalue weighted by atomic mass is 32.2. The third-order valence-corrected chi connectivity index (χ3v) is 8.63. The maximum absolute atomic E-state index is 13.6. The topological polar surface area (TPSA) is 53.7 Å². The highest BCUT2D eigenvalue weighted by Crippen LogP contribution is 2.36. The number of likely N-dealkylation sites (tertiary alicyclic amines) is 1. The highest BCUT2D eigenvalue weighted by molar-refractivity contribution is 8.18. The minimum absolute atomic E-state index is 0.0115. The molecule has 1 amide bonds. The first-order valence-corrected chi connectivity index (χ1v) is 13.1. The molecule has 3 aromatic rings. The van der Waals surface area contributed by atoms with Gasteiger partial charge in [0.1, 0.15) is 0 Å². The van der Waals surface area contributed by atoms with Gasteiger partial charge < -0.3 is 4.90 Å². The molecule has 192 valence electrons. The number of carbonyl (C=O) groups excluding carboxylic acids is 1. The molecular weight excluding hydrogens is 499 g/mol. The van der Waals surface area contributed by atoms with E-state index in [1.807, 2.05) is 24.3 Å². The van der Waals surface area contributed by atoms with Crippen molar-refractivity contribution in [1.82, 2.24) is 19.6 Å². The summed E-state index contributed by atoms with van der Waals surface area (Å²) in [6.45, 7) is 3.44. The lowest BCUT2D eigenvalue weighted by Crippen LogP contribution is -2.52. The molecule has 2 fully saturated rings. The molecule has 6 rings (SSSR count). The van der Waals surface area contributed by atoms with E-state index in [0.29, 0.717) is 22.6 Å². The van der Waals surface area contributed by atoms with Crippen molar-refractivity contribution in [2.24, 2.45) is 4.99 Å². The number of carbonyl (C=O) groups is 1. The zero-order valence-electron chi connectivity index (χ0n) is 20.5. The monoisotopic (exact) mass is 525 g/mol. The van der Waals surface area contributed by atoms with Crippen LogP contribution in [0.15, 0.2) is 52.5 Å². The van der Waals surface area contributed by atoms with Crippen LogP contribution in [-0.2, 0) is 17.5 Å². The smallest absolute Gasteiger partial charge is 0.348 e. The second-order valence-corrected chi connectivity index (χ2v) is 11.1. The van der Waals surface area contributed by atoms with E-state index in [1.54, 1.807) is 23.9 Å². The van der Waals surface area contributed by atoms with Crippen LogP contribution < -0.4 is 0 Å². The van der Waals surface area contributed by atoms with Crippen molar-refractivity contribution in [2.45, 2.75) is 44.6 Å². The number of thioether (sulfide) groups is 1. The molecule has 2 aromatic carbocycles. The van der Waals surface area contributed by atoms with E-state index >= 15 is 0 Å². The summed E-state index contributed by atoms with van der Waals surface area (Å²) in [6.07, 6.45) is 1.40. The summed E-state index contributed by atoms with van der Waals surface area (Å²) in [5.74, 6) is -0.235. The van der Waals surface area contributed by atoms with E-state index in [2.05, 4.69) is 26.9 Å². The normalized spacial score (nSPS) is 23.5. The quantitative estimate of drug-likeness (QED) is 0.442. The molecule has 0 N–H and O–H groups in total. The Morgan fingerprint density at radius 1 is 1.11 bits per heavy atom. The maximum atomic E-state index is 13.6. The molecule has 2 unspecified atom stereocenters. The minimum Gasteiger partial charge on any atom is -0.348 e. The molecule has 0 spiro atoms. The van der Waals surface area contributed by atoms with Gasteiger partial charge in [-0.05, 0) is 74.0 Å². The predicted octanol–water partition coefficient (Wildman–Crippen LogP) is 5.16. The number of rotatable bonds is 3. The number of fused-ring (bicyclic) bond motifs is 3. The lowest BCUT2D eigenvalue weighted by Gasteiger charge is -2.39. The van der Waals surface area contributed by atoms with Crippen LogP contribution in [0, 0.1) is 6.92 Å². The Bertz CT molecular complexity index is 1450. The zero-order chi connectivity index (χ0) is 25.9. The molecule has 2 bridgehead atoms. The van der Waals surface area contributed by atoms with Gasteiger partial charge in [-0.15, -0.1) is 0 Å². The number of hydrogen-bond donors (Lipinski definition) is 0. The van der Waals surface area contributed by atoms with Crippen LogP contribution in [-0.4, -0.2) is 62.9 Å². The first-order valence-electron chi connectivity index (χ1n) is 12.3. The van der Waals surface area contributed by atoms with Crippen LogP contribution in [0.3, 0.4) is 0 Å². The molecule has 10 heteroatoms. The fraction of sp³-hybridized carbons (Fsp3) is 0.370. The molecule has 0 radical (unpaired) electrons. The van der Waals surface area contributed by atoms with E-state index in [-0.39, 0.29) is 18.0 Å². The Morgan fingerprint density at radius 2 is 1.86 bits per heavy atom. The fourth-order valence-electron chi connectivity index (χ4n) is 5.53. The van der Waals surface area contributed by atoms with E-state index in [9.17, 15) is 18.0 Å². The molecular formula is C27H26F3N5OS. The summed E-state index contributed by atoms with van der Waals surface area (Å²) in [6, 6.07) is 11.0. The van der Waals surface area contributed by atoms with Crippen molar-refractivity contribution in [2.75, 3.05) is 20.1 Å². The van der Waals surface area contributed by atoms with Gasteiger partial charge in [0.05, 0.1) is 28.7 Å². The number of halogens is 3. The number of likely N-dealkylation sites (N-methyl/N-ethyl adjacent to an activating group) is 1. The van der Waals surface area contributed by atoms with Crippen LogP contribution in [0.1, 0.15) is 35.1 Å². The summed E-state index contributed by atoms with van der Waals surface area (Å²) in [7, 11) is 2.17. The van der Waals surface area contributed by atoms with E-state index in [4.69, 9.17) is 0 Å². The van der Waals surface area contributed by atoms with Gasteiger partial charge in [0, 0.05) is 30.6 Å². The SMILES string of the molecule is Cc1ccc(Cn2ncc3cc(/C=C4\SC(N5CC6CCC(C5)N6C)=NC4=O)ccc32)c(C(F)(F)F)c1. The first-order chi connectivity index (χ1) is 17.7. The van der Waals surface area contributed by atoms with Crippen LogP contribution in [0.25, 0.3) is 17.0 Å². The third kappa shape index (κ3) is 4.57. The van der Waals surface area contributed by atoms with Gasteiger partial charge in [0.15, 0.2) is 5.17 Å². The van der Waals surface area contributed by atoms with Gasteiger partial charge in [-0.2, -0.15) is 23.3 Å². The molecule has 6 nitrogen and oxygen atoms in total. The van der Waals surface area contributed by atoms with Crippen molar-refractivity contribution in [3.63, 3.8) is 0 Å². The first kappa shape index (κ1) is 24.2. The number of piperazine rings is 1. The average molecular weight is 526 g/mol. The molecule has 4 heterocycles.